The van der Waals surface area contributed by atoms with E-state index in [9.17, 15) is 0 Å². The number of hydrogen-bond donors (Lipinski definition) is 0. The Morgan fingerprint density at radius 2 is 1.94 bits per heavy atom. The quantitative estimate of drug-likeness (QED) is 0.487. The lowest BCUT2D eigenvalue weighted by molar-refractivity contribution is 0.226. The van der Waals surface area contributed by atoms with Crippen molar-refractivity contribution in [3.8, 4) is 10.6 Å². The molecule has 0 amide bonds. The standard InChI is InChI=1S/C26H36N4S/c1-20-9-6-11-23(17-20)29-15-14-28(19-21(29)2)13-7-10-22-18-24(25-12-8-16-31-25)30(27-22)26(3,4)5/h6,8-9,11-12,16-18,21H,7,10,13-15,19H2,1-5H3. The topological polar surface area (TPSA) is 24.3 Å². The number of anilines is 1. The zero-order valence-corrected chi connectivity index (χ0v) is 20.5. The van der Waals surface area contributed by atoms with Gasteiger partial charge in [-0.25, -0.2) is 0 Å². The predicted octanol–water partition coefficient (Wildman–Crippen LogP) is 5.82. The van der Waals surface area contributed by atoms with E-state index in [1.165, 1.54) is 27.5 Å². The fraction of sp³-hybridized carbons (Fsp3) is 0.500. The van der Waals surface area contributed by atoms with E-state index in [0.717, 1.165) is 39.0 Å². The Balaban J connectivity index is 1.34. The molecular weight excluding hydrogens is 400 g/mol. The minimum Gasteiger partial charge on any atom is -0.366 e. The zero-order chi connectivity index (χ0) is 22.0. The van der Waals surface area contributed by atoms with Crippen molar-refractivity contribution in [1.29, 1.82) is 0 Å². The molecule has 3 heterocycles. The first-order valence-corrected chi connectivity index (χ1v) is 12.4. The second-order valence-corrected chi connectivity index (χ2v) is 10.8. The predicted molar refractivity (Wildman–Crippen MR) is 133 cm³/mol. The number of benzene rings is 1. The van der Waals surface area contributed by atoms with Crippen molar-refractivity contribution in [2.75, 3.05) is 31.1 Å². The minimum atomic E-state index is -0.0148. The molecular formula is C26H36N4S. The van der Waals surface area contributed by atoms with Crippen LogP contribution in [0.3, 0.4) is 0 Å². The minimum absolute atomic E-state index is 0.0148. The lowest BCUT2D eigenvalue weighted by Crippen LogP contribution is -2.52. The van der Waals surface area contributed by atoms with Crippen molar-refractivity contribution in [1.82, 2.24) is 14.7 Å². The van der Waals surface area contributed by atoms with Gasteiger partial charge in [0.15, 0.2) is 0 Å². The third-order valence-electron chi connectivity index (χ3n) is 6.12. The maximum atomic E-state index is 4.99. The maximum absolute atomic E-state index is 4.99. The van der Waals surface area contributed by atoms with E-state index in [1.807, 2.05) is 0 Å². The van der Waals surface area contributed by atoms with Gasteiger partial charge in [0, 0.05) is 31.4 Å². The summed E-state index contributed by atoms with van der Waals surface area (Å²) < 4.78 is 2.21. The monoisotopic (exact) mass is 436 g/mol. The molecule has 166 valence electrons. The molecule has 1 saturated heterocycles. The van der Waals surface area contributed by atoms with Crippen LogP contribution in [0.25, 0.3) is 10.6 Å². The maximum Gasteiger partial charge on any atom is 0.0791 e. The van der Waals surface area contributed by atoms with Gasteiger partial charge in [0.1, 0.15) is 0 Å². The highest BCUT2D eigenvalue weighted by Crippen LogP contribution is 2.30. The van der Waals surface area contributed by atoms with Crippen molar-refractivity contribution in [2.24, 2.45) is 0 Å². The van der Waals surface area contributed by atoms with Gasteiger partial charge in [-0.1, -0.05) is 18.2 Å². The molecule has 1 aliphatic rings. The van der Waals surface area contributed by atoms with Crippen LogP contribution in [0.5, 0.6) is 0 Å². The fourth-order valence-electron chi connectivity index (χ4n) is 4.57. The Bertz CT molecular complexity index is 983. The van der Waals surface area contributed by atoms with E-state index in [1.54, 1.807) is 11.3 Å². The summed E-state index contributed by atoms with van der Waals surface area (Å²) in [5.41, 5.74) is 5.14. The number of piperazine rings is 1. The van der Waals surface area contributed by atoms with Crippen LogP contribution >= 0.6 is 11.3 Å². The van der Waals surface area contributed by atoms with Crippen LogP contribution in [-0.4, -0.2) is 46.9 Å². The average Bonchev–Trinajstić information content (AvgIpc) is 3.37. The molecule has 0 saturated carbocycles. The van der Waals surface area contributed by atoms with E-state index in [0.29, 0.717) is 6.04 Å². The van der Waals surface area contributed by atoms with Gasteiger partial charge in [0.25, 0.3) is 0 Å². The Kier molecular flexibility index (Phi) is 6.54. The van der Waals surface area contributed by atoms with E-state index in [4.69, 9.17) is 5.10 Å². The summed E-state index contributed by atoms with van der Waals surface area (Å²) in [6.07, 6.45) is 2.19. The van der Waals surface area contributed by atoms with Crippen LogP contribution in [0, 0.1) is 6.92 Å². The number of aromatic nitrogens is 2. The Morgan fingerprint density at radius 3 is 2.61 bits per heavy atom. The van der Waals surface area contributed by atoms with Gasteiger partial charge in [0.2, 0.25) is 0 Å². The van der Waals surface area contributed by atoms with Crippen LogP contribution < -0.4 is 4.90 Å². The molecule has 1 atom stereocenters. The summed E-state index contributed by atoms with van der Waals surface area (Å²) in [4.78, 5) is 6.48. The molecule has 0 radical (unpaired) electrons. The van der Waals surface area contributed by atoms with Crippen molar-refractivity contribution < 1.29 is 0 Å². The van der Waals surface area contributed by atoms with Gasteiger partial charge >= 0.3 is 0 Å². The second kappa shape index (κ2) is 9.17. The molecule has 5 heteroatoms. The third kappa shape index (κ3) is 5.21. The summed E-state index contributed by atoms with van der Waals surface area (Å²) in [5, 5.41) is 7.14. The van der Waals surface area contributed by atoms with Crippen LogP contribution in [0.1, 0.15) is 45.4 Å². The summed E-state index contributed by atoms with van der Waals surface area (Å²) in [6.45, 7) is 15.7. The lowest BCUT2D eigenvalue weighted by atomic mass is 10.1. The van der Waals surface area contributed by atoms with Crippen molar-refractivity contribution in [3.05, 3.63) is 59.1 Å². The smallest absolute Gasteiger partial charge is 0.0791 e. The fourth-order valence-corrected chi connectivity index (χ4v) is 5.30. The zero-order valence-electron chi connectivity index (χ0n) is 19.6. The van der Waals surface area contributed by atoms with Crippen LogP contribution in [0.2, 0.25) is 0 Å². The molecule has 1 unspecified atom stereocenters. The summed E-state index contributed by atoms with van der Waals surface area (Å²) in [5.74, 6) is 0. The molecule has 3 aromatic rings. The number of hydrogen-bond acceptors (Lipinski definition) is 4. The molecule has 2 aromatic heterocycles. The first-order valence-electron chi connectivity index (χ1n) is 11.5. The second-order valence-electron chi connectivity index (χ2n) is 9.87. The van der Waals surface area contributed by atoms with Gasteiger partial charge in [-0.15, -0.1) is 11.3 Å². The summed E-state index contributed by atoms with van der Waals surface area (Å²) in [6, 6.07) is 16.1. The van der Waals surface area contributed by atoms with Gasteiger partial charge in [-0.3, -0.25) is 9.58 Å². The normalized spacial score (nSPS) is 18.0. The Hall–Kier alpha value is -2.11. The molecule has 0 bridgehead atoms. The first-order chi connectivity index (χ1) is 14.8. The SMILES string of the molecule is Cc1cccc(N2CCN(CCCc3cc(-c4cccs4)n(C(C)(C)C)n3)CC2C)c1. The van der Waals surface area contributed by atoms with Crippen molar-refractivity contribution in [2.45, 2.75) is 59.0 Å². The molecule has 4 nitrogen and oxygen atoms in total. The molecule has 31 heavy (non-hydrogen) atoms. The van der Waals surface area contributed by atoms with E-state index in [-0.39, 0.29) is 5.54 Å². The lowest BCUT2D eigenvalue weighted by Gasteiger charge is -2.41. The molecule has 1 fully saturated rings. The van der Waals surface area contributed by atoms with Crippen LogP contribution in [-0.2, 0) is 12.0 Å². The highest BCUT2D eigenvalue weighted by molar-refractivity contribution is 7.13. The number of aryl methyl sites for hydroxylation is 2. The van der Waals surface area contributed by atoms with Gasteiger partial charge in [-0.2, -0.15) is 5.10 Å². The van der Waals surface area contributed by atoms with Crippen molar-refractivity contribution >= 4 is 17.0 Å². The van der Waals surface area contributed by atoms with Gasteiger partial charge in [0.05, 0.1) is 21.8 Å². The van der Waals surface area contributed by atoms with Crippen molar-refractivity contribution in [3.63, 3.8) is 0 Å². The van der Waals surface area contributed by atoms with Gasteiger partial charge < -0.3 is 4.90 Å². The molecule has 1 aliphatic heterocycles. The van der Waals surface area contributed by atoms with Crippen LogP contribution in [0.4, 0.5) is 5.69 Å². The highest BCUT2D eigenvalue weighted by Gasteiger charge is 2.24. The molecule has 4 rings (SSSR count). The number of rotatable bonds is 6. The van der Waals surface area contributed by atoms with Gasteiger partial charge in [-0.05, 0) is 89.2 Å². The largest absolute Gasteiger partial charge is 0.366 e. The third-order valence-corrected chi connectivity index (χ3v) is 7.01. The average molecular weight is 437 g/mol. The summed E-state index contributed by atoms with van der Waals surface area (Å²) >= 11 is 1.79. The van der Waals surface area contributed by atoms with Crippen LogP contribution in [0.15, 0.2) is 47.8 Å². The number of thiophene rings is 1. The summed E-state index contributed by atoms with van der Waals surface area (Å²) in [7, 11) is 0. The Morgan fingerprint density at radius 1 is 1.10 bits per heavy atom. The van der Waals surface area contributed by atoms with E-state index in [2.05, 4.69) is 96.9 Å². The molecule has 0 spiro atoms. The van der Waals surface area contributed by atoms with E-state index < -0.39 is 0 Å². The molecule has 1 aromatic carbocycles. The molecule has 0 aliphatic carbocycles. The van der Waals surface area contributed by atoms with E-state index >= 15 is 0 Å². The number of nitrogens with zero attached hydrogens (tertiary/aromatic N) is 4. The highest BCUT2D eigenvalue weighted by atomic mass is 32.1. The first kappa shape index (κ1) is 22.1. The molecule has 0 N–H and O–H groups in total. The Labute approximate surface area is 191 Å².